The van der Waals surface area contributed by atoms with Crippen LogP contribution in [0.2, 0.25) is 0 Å². The quantitative estimate of drug-likeness (QED) is 0.679. The van der Waals surface area contributed by atoms with Crippen molar-refractivity contribution in [3.63, 3.8) is 0 Å². The molecule has 0 aliphatic carbocycles. The van der Waals surface area contributed by atoms with E-state index in [1.54, 1.807) is 12.3 Å². The summed E-state index contributed by atoms with van der Waals surface area (Å²) < 4.78 is 11.2. The predicted octanol–water partition coefficient (Wildman–Crippen LogP) is 2.58. The first-order chi connectivity index (χ1) is 12.4. The van der Waals surface area contributed by atoms with Crippen LogP contribution >= 0.6 is 0 Å². The van der Waals surface area contributed by atoms with Gasteiger partial charge in [-0.1, -0.05) is 13.8 Å². The van der Waals surface area contributed by atoms with Crippen molar-refractivity contribution in [3.8, 4) is 5.75 Å². The van der Waals surface area contributed by atoms with Gasteiger partial charge < -0.3 is 24.5 Å². The Kier molecular flexibility index (Phi) is 7.48. The lowest BCUT2D eigenvalue weighted by molar-refractivity contribution is -0.130. The van der Waals surface area contributed by atoms with Crippen LogP contribution in [0.1, 0.15) is 33.3 Å². The monoisotopic (exact) mass is 362 g/mol. The topological polar surface area (TPSA) is 74.9 Å². The highest BCUT2D eigenvalue weighted by Crippen LogP contribution is 2.26. The van der Waals surface area contributed by atoms with Crippen molar-refractivity contribution in [3.05, 3.63) is 30.0 Å². The first kappa shape index (κ1) is 20.3. The lowest BCUT2D eigenvalue weighted by atomic mass is 10.1. The number of fused-ring (bicyclic) bond motifs is 1. The summed E-state index contributed by atoms with van der Waals surface area (Å²) in [6, 6.07) is 5.86. The van der Waals surface area contributed by atoms with E-state index in [0.29, 0.717) is 43.4 Å². The first-order valence-electron chi connectivity index (χ1n) is 9.26. The maximum Gasteiger partial charge on any atom is 0.227 e. The second-order valence-electron chi connectivity index (χ2n) is 6.69. The number of likely N-dealkylation sites (N-methyl/N-ethyl adjacent to an activating group) is 1. The number of carbonyl (C=O) groups is 1. The summed E-state index contributed by atoms with van der Waals surface area (Å²) in [6.45, 7) is 10.1. The van der Waals surface area contributed by atoms with Crippen molar-refractivity contribution in [2.75, 3.05) is 26.2 Å². The number of rotatable bonds is 10. The van der Waals surface area contributed by atoms with Gasteiger partial charge in [0.15, 0.2) is 0 Å². The standard InChI is InChI=1S/C20H30N2O4/c1-5-22(6-2)20(24)9-15-12-26-19-10-17(7-8-18(15)19)25-13-16(23)11-21-14(3)4/h7-8,10,12,14,16,21,23H,5-6,9,11,13H2,1-4H3. The van der Waals surface area contributed by atoms with E-state index in [0.717, 1.165) is 10.9 Å². The van der Waals surface area contributed by atoms with Gasteiger partial charge in [0.25, 0.3) is 0 Å². The molecule has 1 aromatic heterocycles. The number of hydrogen-bond donors (Lipinski definition) is 2. The average Bonchev–Trinajstić information content (AvgIpc) is 3.01. The molecule has 6 heteroatoms. The number of amides is 1. The Morgan fingerprint density at radius 3 is 2.69 bits per heavy atom. The smallest absolute Gasteiger partial charge is 0.227 e. The van der Waals surface area contributed by atoms with Crippen LogP contribution in [0.25, 0.3) is 11.0 Å². The van der Waals surface area contributed by atoms with Crippen molar-refractivity contribution < 1.29 is 19.1 Å². The molecule has 1 amide bonds. The summed E-state index contributed by atoms with van der Waals surface area (Å²) in [4.78, 5) is 14.1. The number of nitrogens with one attached hydrogen (secondary N) is 1. The zero-order valence-corrected chi connectivity index (χ0v) is 16.1. The van der Waals surface area contributed by atoms with Gasteiger partial charge in [0.1, 0.15) is 24.0 Å². The largest absolute Gasteiger partial charge is 0.491 e. The van der Waals surface area contributed by atoms with Crippen LogP contribution in [0.4, 0.5) is 0 Å². The minimum atomic E-state index is -0.577. The summed E-state index contributed by atoms with van der Waals surface area (Å²) in [7, 11) is 0. The molecule has 2 rings (SSSR count). The second kappa shape index (κ2) is 9.59. The van der Waals surface area contributed by atoms with Gasteiger partial charge in [-0.05, 0) is 26.0 Å². The third kappa shape index (κ3) is 5.47. The van der Waals surface area contributed by atoms with E-state index in [2.05, 4.69) is 5.32 Å². The number of aliphatic hydroxyl groups is 1. The Balaban J connectivity index is 1.99. The Morgan fingerprint density at radius 1 is 1.31 bits per heavy atom. The molecule has 0 spiro atoms. The van der Waals surface area contributed by atoms with Crippen LogP contribution in [-0.2, 0) is 11.2 Å². The second-order valence-corrected chi connectivity index (χ2v) is 6.69. The Labute approximate surface area is 155 Å². The van der Waals surface area contributed by atoms with Crippen LogP contribution in [0.15, 0.2) is 28.9 Å². The SMILES string of the molecule is CCN(CC)C(=O)Cc1coc2cc(OCC(O)CNC(C)C)ccc12. The molecule has 0 saturated carbocycles. The summed E-state index contributed by atoms with van der Waals surface area (Å²) in [6.07, 6.45) is 1.39. The number of carbonyl (C=O) groups excluding carboxylic acids is 1. The minimum Gasteiger partial charge on any atom is -0.491 e. The summed E-state index contributed by atoms with van der Waals surface area (Å²) >= 11 is 0. The Bertz CT molecular complexity index is 707. The third-order valence-corrected chi connectivity index (χ3v) is 4.29. The molecule has 0 fully saturated rings. The molecule has 2 N–H and O–H groups in total. The molecule has 2 aromatic rings. The van der Waals surface area contributed by atoms with Crippen molar-refractivity contribution in [1.82, 2.24) is 10.2 Å². The molecular weight excluding hydrogens is 332 g/mol. The number of aliphatic hydroxyl groups excluding tert-OH is 1. The molecule has 0 aliphatic rings. The molecule has 1 heterocycles. The third-order valence-electron chi connectivity index (χ3n) is 4.29. The number of hydrogen-bond acceptors (Lipinski definition) is 5. The van der Waals surface area contributed by atoms with Crippen LogP contribution in [0.3, 0.4) is 0 Å². The zero-order valence-electron chi connectivity index (χ0n) is 16.1. The van der Waals surface area contributed by atoms with E-state index in [9.17, 15) is 9.90 Å². The molecular formula is C20H30N2O4. The highest BCUT2D eigenvalue weighted by molar-refractivity contribution is 5.88. The highest BCUT2D eigenvalue weighted by Gasteiger charge is 2.15. The molecule has 0 bridgehead atoms. The average molecular weight is 362 g/mol. The lowest BCUT2D eigenvalue weighted by Gasteiger charge is -2.18. The van der Waals surface area contributed by atoms with E-state index in [1.165, 1.54) is 0 Å². The van der Waals surface area contributed by atoms with Crippen molar-refractivity contribution in [1.29, 1.82) is 0 Å². The van der Waals surface area contributed by atoms with Gasteiger partial charge in [0.2, 0.25) is 5.91 Å². The first-order valence-corrected chi connectivity index (χ1v) is 9.26. The van der Waals surface area contributed by atoms with E-state index >= 15 is 0 Å². The fourth-order valence-corrected chi connectivity index (χ4v) is 2.76. The van der Waals surface area contributed by atoms with Crippen LogP contribution < -0.4 is 10.1 Å². The van der Waals surface area contributed by atoms with Gasteiger partial charge in [-0.3, -0.25) is 4.79 Å². The number of benzene rings is 1. The molecule has 0 aliphatic heterocycles. The highest BCUT2D eigenvalue weighted by atomic mass is 16.5. The Morgan fingerprint density at radius 2 is 2.04 bits per heavy atom. The molecule has 6 nitrogen and oxygen atoms in total. The van der Waals surface area contributed by atoms with Gasteiger partial charge in [0.05, 0.1) is 12.7 Å². The van der Waals surface area contributed by atoms with Crippen molar-refractivity contribution in [2.45, 2.75) is 46.3 Å². The summed E-state index contributed by atoms with van der Waals surface area (Å²) in [5, 5.41) is 14.0. The maximum absolute atomic E-state index is 12.3. The number of ether oxygens (including phenoxy) is 1. The van der Waals surface area contributed by atoms with Gasteiger partial charge in [-0.2, -0.15) is 0 Å². The Hall–Kier alpha value is -2.05. The number of furan rings is 1. The van der Waals surface area contributed by atoms with Crippen molar-refractivity contribution in [2.24, 2.45) is 0 Å². The predicted molar refractivity (Wildman–Crippen MR) is 102 cm³/mol. The maximum atomic E-state index is 12.3. The molecule has 1 aromatic carbocycles. The molecule has 26 heavy (non-hydrogen) atoms. The molecule has 1 atom stereocenters. The van der Waals surface area contributed by atoms with E-state index < -0.39 is 6.10 Å². The van der Waals surface area contributed by atoms with Gasteiger partial charge in [-0.25, -0.2) is 0 Å². The van der Waals surface area contributed by atoms with E-state index in [1.807, 2.05) is 44.7 Å². The van der Waals surface area contributed by atoms with E-state index in [-0.39, 0.29) is 12.5 Å². The van der Waals surface area contributed by atoms with Gasteiger partial charge >= 0.3 is 0 Å². The van der Waals surface area contributed by atoms with Gasteiger partial charge in [0, 0.05) is 42.7 Å². The molecule has 144 valence electrons. The van der Waals surface area contributed by atoms with Crippen LogP contribution in [-0.4, -0.2) is 54.3 Å². The number of nitrogens with zero attached hydrogens (tertiary/aromatic N) is 1. The normalized spacial score (nSPS) is 12.5. The van der Waals surface area contributed by atoms with Gasteiger partial charge in [-0.15, -0.1) is 0 Å². The zero-order chi connectivity index (χ0) is 19.1. The lowest BCUT2D eigenvalue weighted by Crippen LogP contribution is -2.35. The summed E-state index contributed by atoms with van der Waals surface area (Å²) in [5.41, 5.74) is 1.56. The fraction of sp³-hybridized carbons (Fsp3) is 0.550. The minimum absolute atomic E-state index is 0.0961. The van der Waals surface area contributed by atoms with Crippen LogP contribution in [0.5, 0.6) is 5.75 Å². The van der Waals surface area contributed by atoms with Crippen LogP contribution in [0, 0.1) is 0 Å². The summed E-state index contributed by atoms with van der Waals surface area (Å²) in [5.74, 6) is 0.732. The van der Waals surface area contributed by atoms with E-state index in [4.69, 9.17) is 9.15 Å². The molecule has 0 radical (unpaired) electrons. The molecule has 1 unspecified atom stereocenters. The fourth-order valence-electron chi connectivity index (χ4n) is 2.76. The van der Waals surface area contributed by atoms with Crippen molar-refractivity contribution >= 4 is 16.9 Å². The molecule has 0 saturated heterocycles.